The van der Waals surface area contributed by atoms with E-state index in [9.17, 15) is 0 Å². The van der Waals surface area contributed by atoms with Crippen molar-refractivity contribution in [2.75, 3.05) is 0 Å². The van der Waals surface area contributed by atoms with Gasteiger partial charge in [-0.1, -0.05) is 20.8 Å². The average Bonchev–Trinajstić information content (AvgIpc) is 2.08. The minimum Gasteiger partial charge on any atom is -0.436 e. The van der Waals surface area contributed by atoms with Crippen LogP contribution in [0.1, 0.15) is 32.2 Å². The molecule has 0 aliphatic carbocycles. The van der Waals surface area contributed by atoms with Gasteiger partial charge in [-0.25, -0.2) is 4.98 Å². The van der Waals surface area contributed by atoms with E-state index in [1.54, 1.807) is 0 Å². The lowest BCUT2D eigenvalue weighted by atomic mass is 9.92. The molecule has 1 aromatic heterocycles. The molecule has 0 N–H and O–H groups in total. The van der Waals surface area contributed by atoms with Crippen LogP contribution < -0.4 is 0 Å². The normalized spacial score (nSPS) is 12.1. The van der Waals surface area contributed by atoms with E-state index >= 15 is 0 Å². The summed E-state index contributed by atoms with van der Waals surface area (Å²) < 4.78 is 6.18. The molecule has 2 nitrogen and oxygen atoms in total. The summed E-state index contributed by atoms with van der Waals surface area (Å²) in [4.78, 5) is 4.20. The minimum absolute atomic E-state index is 0.0699. The molecule has 11 heavy (non-hydrogen) atoms. The summed E-state index contributed by atoms with van der Waals surface area (Å²) in [6.07, 6.45) is 0. The molecule has 0 atom stereocenters. The van der Waals surface area contributed by atoms with Crippen molar-refractivity contribution in [3.63, 3.8) is 0 Å². The van der Waals surface area contributed by atoms with Crippen molar-refractivity contribution in [3.05, 3.63) is 15.4 Å². The third-order valence-corrected chi connectivity index (χ3v) is 1.91. The molecule has 1 heterocycles. The summed E-state index contributed by atoms with van der Waals surface area (Å²) in [5.74, 6) is 0.988. The van der Waals surface area contributed by atoms with E-state index in [4.69, 9.17) is 4.42 Å². The molecule has 0 unspecified atom stereocenters. The maximum absolute atomic E-state index is 5.45. The largest absolute Gasteiger partial charge is 0.436 e. The average molecular weight is 265 g/mol. The second kappa shape index (κ2) is 2.77. The van der Waals surface area contributed by atoms with Gasteiger partial charge in [0.15, 0.2) is 0 Å². The molecule has 0 saturated carbocycles. The quantitative estimate of drug-likeness (QED) is 0.674. The van der Waals surface area contributed by atoms with Gasteiger partial charge in [0.2, 0.25) is 0 Å². The van der Waals surface area contributed by atoms with Crippen LogP contribution in [0.4, 0.5) is 0 Å². The van der Waals surface area contributed by atoms with Crippen LogP contribution in [-0.2, 0) is 5.41 Å². The Kier molecular flexibility index (Phi) is 2.27. The van der Waals surface area contributed by atoms with Gasteiger partial charge in [0, 0.05) is 28.0 Å². The summed E-state index contributed by atoms with van der Waals surface area (Å²) in [6, 6.07) is 0. The molecule has 0 saturated heterocycles. The van der Waals surface area contributed by atoms with Gasteiger partial charge in [-0.3, -0.25) is 0 Å². The van der Waals surface area contributed by atoms with E-state index < -0.39 is 0 Å². The Labute approximate surface area is 80.5 Å². The molecule has 0 aliphatic rings. The fraction of sp³-hybridized carbons (Fsp3) is 0.625. The molecule has 0 fully saturated rings. The third kappa shape index (κ3) is 1.95. The summed E-state index contributed by atoms with van der Waals surface area (Å²) in [7, 11) is 0. The van der Waals surface area contributed by atoms with Crippen molar-refractivity contribution in [2.24, 2.45) is 0 Å². The SMILES string of the molecule is Cc1nc(I)oc1C(C)(C)C. The summed E-state index contributed by atoms with van der Waals surface area (Å²) in [6.45, 7) is 8.34. The Balaban J connectivity index is 3.13. The van der Waals surface area contributed by atoms with Crippen molar-refractivity contribution >= 4 is 22.6 Å². The van der Waals surface area contributed by atoms with Crippen LogP contribution in [0.25, 0.3) is 0 Å². The number of aryl methyl sites for hydroxylation is 1. The number of nitrogens with zero attached hydrogens (tertiary/aromatic N) is 1. The van der Waals surface area contributed by atoms with E-state index in [1.807, 2.05) is 6.92 Å². The molecule has 0 bridgehead atoms. The lowest BCUT2D eigenvalue weighted by molar-refractivity contribution is 0.390. The Bertz CT molecular complexity index is 260. The van der Waals surface area contributed by atoms with Gasteiger partial charge < -0.3 is 4.42 Å². The topological polar surface area (TPSA) is 26.0 Å². The van der Waals surface area contributed by atoms with E-state index in [-0.39, 0.29) is 5.41 Å². The highest BCUT2D eigenvalue weighted by atomic mass is 127. The van der Waals surface area contributed by atoms with Crippen molar-refractivity contribution in [2.45, 2.75) is 33.1 Å². The van der Waals surface area contributed by atoms with E-state index in [0.29, 0.717) is 0 Å². The van der Waals surface area contributed by atoms with Gasteiger partial charge in [0.1, 0.15) is 5.76 Å². The number of oxazole rings is 1. The monoisotopic (exact) mass is 265 g/mol. The second-order valence-corrected chi connectivity index (χ2v) is 4.55. The predicted molar refractivity (Wildman–Crippen MR) is 52.7 cm³/mol. The number of aromatic nitrogens is 1. The zero-order valence-corrected chi connectivity index (χ0v) is 9.39. The van der Waals surface area contributed by atoms with Crippen LogP contribution in [0.2, 0.25) is 0 Å². The molecule has 1 aromatic rings. The maximum atomic E-state index is 5.45. The summed E-state index contributed by atoms with van der Waals surface area (Å²) in [5.41, 5.74) is 1.07. The molecule has 62 valence electrons. The Morgan fingerprint density at radius 2 is 1.91 bits per heavy atom. The Morgan fingerprint density at radius 3 is 2.09 bits per heavy atom. The zero-order chi connectivity index (χ0) is 8.65. The first kappa shape index (κ1) is 9.03. The van der Waals surface area contributed by atoms with Crippen LogP contribution >= 0.6 is 22.6 Å². The first-order valence-corrected chi connectivity index (χ1v) is 4.62. The van der Waals surface area contributed by atoms with Gasteiger partial charge in [-0.05, 0) is 6.92 Å². The van der Waals surface area contributed by atoms with Gasteiger partial charge >= 0.3 is 0 Å². The van der Waals surface area contributed by atoms with Gasteiger partial charge in [0.25, 0.3) is 3.90 Å². The van der Waals surface area contributed by atoms with E-state index in [0.717, 1.165) is 15.4 Å². The van der Waals surface area contributed by atoms with Crippen LogP contribution in [0.5, 0.6) is 0 Å². The molecule has 0 radical (unpaired) electrons. The highest BCUT2D eigenvalue weighted by Crippen LogP contribution is 2.26. The van der Waals surface area contributed by atoms with Gasteiger partial charge in [-0.15, -0.1) is 0 Å². The first-order valence-electron chi connectivity index (χ1n) is 3.54. The molecule has 0 spiro atoms. The fourth-order valence-electron chi connectivity index (χ4n) is 1.06. The van der Waals surface area contributed by atoms with Crippen LogP contribution in [0.15, 0.2) is 4.42 Å². The number of hydrogen-bond acceptors (Lipinski definition) is 2. The number of hydrogen-bond donors (Lipinski definition) is 0. The molecule has 1 rings (SSSR count). The first-order chi connectivity index (χ1) is 4.91. The predicted octanol–water partition coefficient (Wildman–Crippen LogP) is 2.89. The highest BCUT2D eigenvalue weighted by Gasteiger charge is 2.21. The third-order valence-electron chi connectivity index (χ3n) is 1.45. The van der Waals surface area contributed by atoms with Gasteiger partial charge in [0.05, 0.1) is 5.69 Å². The fourth-order valence-corrected chi connectivity index (χ4v) is 1.64. The Morgan fingerprint density at radius 1 is 1.36 bits per heavy atom. The standard InChI is InChI=1S/C8H12INO/c1-5-6(8(2,3)4)11-7(9)10-5/h1-4H3. The van der Waals surface area contributed by atoms with E-state index in [2.05, 4.69) is 48.3 Å². The minimum atomic E-state index is 0.0699. The molecular weight excluding hydrogens is 253 g/mol. The van der Waals surface area contributed by atoms with Crippen LogP contribution in [-0.4, -0.2) is 4.98 Å². The number of halogens is 1. The molecule has 0 aliphatic heterocycles. The highest BCUT2D eigenvalue weighted by molar-refractivity contribution is 14.1. The van der Waals surface area contributed by atoms with Crippen molar-refractivity contribution in [1.29, 1.82) is 0 Å². The molecule has 0 amide bonds. The van der Waals surface area contributed by atoms with Crippen molar-refractivity contribution in [3.8, 4) is 0 Å². The van der Waals surface area contributed by atoms with Crippen LogP contribution in [0, 0.1) is 10.8 Å². The number of rotatable bonds is 0. The zero-order valence-electron chi connectivity index (χ0n) is 7.23. The van der Waals surface area contributed by atoms with E-state index in [1.165, 1.54) is 0 Å². The summed E-state index contributed by atoms with van der Waals surface area (Å²) in [5, 5.41) is 0. The van der Waals surface area contributed by atoms with Crippen molar-refractivity contribution < 1.29 is 4.42 Å². The molecular formula is C8H12INO. The molecule has 3 heteroatoms. The Hall–Kier alpha value is -0.0600. The second-order valence-electron chi connectivity index (χ2n) is 3.63. The van der Waals surface area contributed by atoms with Crippen molar-refractivity contribution in [1.82, 2.24) is 4.98 Å². The lowest BCUT2D eigenvalue weighted by Crippen LogP contribution is -2.11. The lowest BCUT2D eigenvalue weighted by Gasteiger charge is -2.14. The summed E-state index contributed by atoms with van der Waals surface area (Å²) >= 11 is 2.09. The van der Waals surface area contributed by atoms with Gasteiger partial charge in [-0.2, -0.15) is 0 Å². The molecule has 0 aromatic carbocycles. The maximum Gasteiger partial charge on any atom is 0.257 e. The van der Waals surface area contributed by atoms with Crippen LogP contribution in [0.3, 0.4) is 0 Å². The smallest absolute Gasteiger partial charge is 0.257 e.